The lowest BCUT2D eigenvalue weighted by Gasteiger charge is -2.33. The molecule has 1 aliphatic carbocycles. The molecule has 1 aromatic heterocycles. The van der Waals surface area contributed by atoms with Gasteiger partial charge in [-0.15, -0.1) is 0 Å². The van der Waals surface area contributed by atoms with Gasteiger partial charge in [-0.1, -0.05) is 6.07 Å². The molecule has 1 aromatic rings. The third kappa shape index (κ3) is 3.70. The maximum atomic E-state index is 5.77. The van der Waals surface area contributed by atoms with Crippen molar-refractivity contribution in [2.45, 2.75) is 51.3 Å². The molecule has 4 nitrogen and oxygen atoms in total. The van der Waals surface area contributed by atoms with Gasteiger partial charge < -0.3 is 15.0 Å². The van der Waals surface area contributed by atoms with Crippen molar-refractivity contribution in [2.24, 2.45) is 0 Å². The Kier molecular flexibility index (Phi) is 4.53. The van der Waals surface area contributed by atoms with Gasteiger partial charge in [0.25, 0.3) is 0 Å². The summed E-state index contributed by atoms with van der Waals surface area (Å²) in [5.74, 6) is 1.10. The smallest absolute Gasteiger partial charge is 0.128 e. The molecule has 4 heteroatoms. The Balaban J connectivity index is 1.61. The van der Waals surface area contributed by atoms with Crippen LogP contribution in [0.15, 0.2) is 18.2 Å². The average molecular weight is 275 g/mol. The quantitative estimate of drug-likeness (QED) is 0.864. The lowest BCUT2D eigenvalue weighted by Crippen LogP contribution is -2.40. The van der Waals surface area contributed by atoms with Gasteiger partial charge in [-0.2, -0.15) is 0 Å². The summed E-state index contributed by atoms with van der Waals surface area (Å²) in [5, 5.41) is 3.53. The first-order chi connectivity index (χ1) is 9.85. The van der Waals surface area contributed by atoms with Crippen molar-refractivity contribution >= 4 is 5.82 Å². The van der Waals surface area contributed by atoms with Crippen LogP contribution in [-0.4, -0.2) is 36.8 Å². The van der Waals surface area contributed by atoms with E-state index < -0.39 is 0 Å². The van der Waals surface area contributed by atoms with Crippen molar-refractivity contribution in [1.82, 2.24) is 10.3 Å². The van der Waals surface area contributed by atoms with Crippen molar-refractivity contribution in [3.05, 3.63) is 23.9 Å². The number of hydrogen-bond acceptors (Lipinski definition) is 4. The van der Waals surface area contributed by atoms with Crippen molar-refractivity contribution in [1.29, 1.82) is 0 Å². The second-order valence-electron chi connectivity index (χ2n) is 5.81. The van der Waals surface area contributed by atoms with E-state index in [4.69, 9.17) is 9.72 Å². The molecule has 1 unspecified atom stereocenters. The molecule has 0 radical (unpaired) electrons. The van der Waals surface area contributed by atoms with E-state index in [-0.39, 0.29) is 0 Å². The first-order valence-electron chi connectivity index (χ1n) is 7.91. The Bertz CT molecular complexity index is 431. The molecule has 0 amide bonds. The van der Waals surface area contributed by atoms with Gasteiger partial charge >= 0.3 is 0 Å². The third-order valence-electron chi connectivity index (χ3n) is 4.05. The van der Waals surface area contributed by atoms with Crippen LogP contribution < -0.4 is 10.2 Å². The van der Waals surface area contributed by atoms with Crippen LogP contribution in [0.3, 0.4) is 0 Å². The van der Waals surface area contributed by atoms with Gasteiger partial charge in [0, 0.05) is 32.3 Å². The molecule has 1 saturated heterocycles. The van der Waals surface area contributed by atoms with Crippen molar-refractivity contribution in [3.63, 3.8) is 0 Å². The van der Waals surface area contributed by atoms with Crippen LogP contribution in [-0.2, 0) is 11.3 Å². The Morgan fingerprint density at radius 2 is 2.25 bits per heavy atom. The van der Waals surface area contributed by atoms with Crippen LogP contribution in [0.25, 0.3) is 0 Å². The maximum absolute atomic E-state index is 5.77. The standard InChI is InChI=1S/C16H25N3O/c1-2-20-15-6-4-10-19(12-15)16-7-3-5-14(18-16)11-17-13-8-9-13/h3,5,7,13,15,17H,2,4,6,8-12H2,1H3. The zero-order chi connectivity index (χ0) is 13.8. The monoisotopic (exact) mass is 275 g/mol. The summed E-state index contributed by atoms with van der Waals surface area (Å²) in [6.45, 7) is 5.83. The summed E-state index contributed by atoms with van der Waals surface area (Å²) in [4.78, 5) is 7.16. The van der Waals surface area contributed by atoms with Crippen LogP contribution >= 0.6 is 0 Å². The number of pyridine rings is 1. The second kappa shape index (κ2) is 6.55. The molecular formula is C16H25N3O. The van der Waals surface area contributed by atoms with Gasteiger partial charge in [-0.05, 0) is 44.7 Å². The predicted octanol–water partition coefficient (Wildman–Crippen LogP) is 2.34. The Labute approximate surface area is 121 Å². The Hall–Kier alpha value is -1.13. The highest BCUT2D eigenvalue weighted by Gasteiger charge is 2.22. The van der Waals surface area contributed by atoms with E-state index in [1.807, 2.05) is 0 Å². The summed E-state index contributed by atoms with van der Waals surface area (Å²) in [6, 6.07) is 7.09. The minimum absolute atomic E-state index is 0.365. The fraction of sp³-hybridized carbons (Fsp3) is 0.688. The summed E-state index contributed by atoms with van der Waals surface area (Å²) in [6.07, 6.45) is 5.37. The first-order valence-corrected chi connectivity index (χ1v) is 7.91. The van der Waals surface area contributed by atoms with E-state index >= 15 is 0 Å². The van der Waals surface area contributed by atoms with Crippen molar-refractivity contribution in [2.75, 3.05) is 24.6 Å². The van der Waals surface area contributed by atoms with Gasteiger partial charge in [0.05, 0.1) is 11.8 Å². The first kappa shape index (κ1) is 13.8. The van der Waals surface area contributed by atoms with Gasteiger partial charge in [0.1, 0.15) is 5.82 Å². The summed E-state index contributed by atoms with van der Waals surface area (Å²) < 4.78 is 5.77. The number of nitrogens with one attached hydrogen (secondary N) is 1. The van der Waals surface area contributed by atoms with Crippen LogP contribution in [0.2, 0.25) is 0 Å². The molecule has 0 aromatic carbocycles. The Morgan fingerprint density at radius 1 is 1.35 bits per heavy atom. The van der Waals surface area contributed by atoms with Crippen molar-refractivity contribution < 1.29 is 4.74 Å². The largest absolute Gasteiger partial charge is 0.377 e. The topological polar surface area (TPSA) is 37.4 Å². The molecule has 110 valence electrons. The number of nitrogens with zero attached hydrogens (tertiary/aromatic N) is 2. The average Bonchev–Trinajstić information content (AvgIpc) is 3.30. The van der Waals surface area contributed by atoms with Crippen LogP contribution in [0.5, 0.6) is 0 Å². The second-order valence-corrected chi connectivity index (χ2v) is 5.81. The van der Waals surface area contributed by atoms with E-state index in [0.29, 0.717) is 6.10 Å². The zero-order valence-electron chi connectivity index (χ0n) is 12.3. The van der Waals surface area contributed by atoms with Crippen molar-refractivity contribution in [3.8, 4) is 0 Å². The number of piperidine rings is 1. The van der Waals surface area contributed by atoms with E-state index in [1.54, 1.807) is 0 Å². The number of rotatable bonds is 6. The highest BCUT2D eigenvalue weighted by Crippen LogP contribution is 2.21. The fourth-order valence-electron chi connectivity index (χ4n) is 2.80. The minimum atomic E-state index is 0.365. The lowest BCUT2D eigenvalue weighted by atomic mass is 10.1. The molecule has 2 aliphatic rings. The van der Waals surface area contributed by atoms with Gasteiger partial charge in [0.15, 0.2) is 0 Å². The molecular weight excluding hydrogens is 250 g/mol. The normalized spacial score (nSPS) is 23.1. The number of ether oxygens (including phenoxy) is 1. The fourth-order valence-corrected chi connectivity index (χ4v) is 2.80. The predicted molar refractivity (Wildman–Crippen MR) is 81.0 cm³/mol. The molecule has 3 rings (SSSR count). The van der Waals surface area contributed by atoms with Crippen LogP contribution in [0.1, 0.15) is 38.3 Å². The highest BCUT2D eigenvalue weighted by atomic mass is 16.5. The molecule has 1 aliphatic heterocycles. The van der Waals surface area contributed by atoms with E-state index in [2.05, 4.69) is 35.3 Å². The Morgan fingerprint density at radius 3 is 3.05 bits per heavy atom. The van der Waals surface area contributed by atoms with E-state index in [1.165, 1.54) is 25.7 Å². The van der Waals surface area contributed by atoms with Gasteiger partial charge in [-0.3, -0.25) is 0 Å². The number of anilines is 1. The molecule has 0 bridgehead atoms. The highest BCUT2D eigenvalue weighted by molar-refractivity contribution is 5.40. The molecule has 2 fully saturated rings. The number of aromatic nitrogens is 1. The SMILES string of the molecule is CCOC1CCCN(c2cccc(CNC3CC3)n2)C1. The lowest BCUT2D eigenvalue weighted by molar-refractivity contribution is 0.0525. The summed E-state index contributed by atoms with van der Waals surface area (Å²) >= 11 is 0. The molecule has 1 N–H and O–H groups in total. The minimum Gasteiger partial charge on any atom is -0.377 e. The van der Waals surface area contributed by atoms with E-state index in [9.17, 15) is 0 Å². The number of hydrogen-bond donors (Lipinski definition) is 1. The summed E-state index contributed by atoms with van der Waals surface area (Å²) in [7, 11) is 0. The molecule has 0 spiro atoms. The van der Waals surface area contributed by atoms with Gasteiger partial charge in [-0.25, -0.2) is 4.98 Å². The molecule has 20 heavy (non-hydrogen) atoms. The molecule has 1 atom stereocenters. The van der Waals surface area contributed by atoms with Crippen LogP contribution in [0.4, 0.5) is 5.82 Å². The third-order valence-corrected chi connectivity index (χ3v) is 4.05. The summed E-state index contributed by atoms with van der Waals surface area (Å²) in [5.41, 5.74) is 1.15. The molecule has 1 saturated carbocycles. The van der Waals surface area contributed by atoms with Crippen LogP contribution in [0, 0.1) is 0 Å². The van der Waals surface area contributed by atoms with E-state index in [0.717, 1.165) is 43.8 Å². The maximum Gasteiger partial charge on any atom is 0.128 e. The van der Waals surface area contributed by atoms with Gasteiger partial charge in [0.2, 0.25) is 0 Å². The zero-order valence-corrected chi connectivity index (χ0v) is 12.3. The molecule has 2 heterocycles.